The summed E-state index contributed by atoms with van der Waals surface area (Å²) >= 11 is 7.27. The average molecular weight is 263 g/mol. The molecule has 3 nitrogen and oxygen atoms in total. The third-order valence-electron chi connectivity index (χ3n) is 2.75. The van der Waals surface area contributed by atoms with Crippen molar-refractivity contribution in [2.75, 3.05) is 13.1 Å². The fraction of sp³-hybridized carbons (Fsp3) is 0.500. The van der Waals surface area contributed by atoms with Crippen molar-refractivity contribution in [3.63, 3.8) is 0 Å². The van der Waals surface area contributed by atoms with Gasteiger partial charge in [0.25, 0.3) is 5.91 Å². The highest BCUT2D eigenvalue weighted by atomic mass is 35.5. The predicted octanol–water partition coefficient (Wildman–Crippen LogP) is 1.80. The van der Waals surface area contributed by atoms with Gasteiger partial charge in [-0.3, -0.25) is 9.69 Å². The van der Waals surface area contributed by atoms with Crippen molar-refractivity contribution in [3.05, 3.63) is 21.3 Å². The van der Waals surface area contributed by atoms with E-state index in [1.54, 1.807) is 0 Å². The summed E-state index contributed by atoms with van der Waals surface area (Å²) < 4.78 is 14.6. The molecule has 2 rings (SSSR count). The normalized spacial score (nSPS) is 26.1. The first-order valence-corrected chi connectivity index (χ1v) is 6.14. The number of thiophene rings is 1. The van der Waals surface area contributed by atoms with E-state index in [1.807, 2.05) is 17.0 Å². The standard InChI is InChI=1S/C10H12ClFN2OS/c11-8-2-1-7(16-8)5-14-4-3-10(12,6-14)9(13)15/h1-2H,3-6H2,(H2,13,15). The van der Waals surface area contributed by atoms with Gasteiger partial charge < -0.3 is 5.73 Å². The van der Waals surface area contributed by atoms with Crippen molar-refractivity contribution in [1.82, 2.24) is 4.90 Å². The van der Waals surface area contributed by atoms with E-state index in [9.17, 15) is 9.18 Å². The molecule has 1 saturated heterocycles. The van der Waals surface area contributed by atoms with Gasteiger partial charge in [0.2, 0.25) is 5.67 Å². The summed E-state index contributed by atoms with van der Waals surface area (Å²) in [6, 6.07) is 3.73. The minimum absolute atomic E-state index is 0.0812. The number of alkyl halides is 1. The molecule has 1 aliphatic heterocycles. The Bertz CT molecular complexity index is 411. The van der Waals surface area contributed by atoms with Crippen molar-refractivity contribution in [1.29, 1.82) is 0 Å². The minimum atomic E-state index is -1.86. The fourth-order valence-corrected chi connectivity index (χ4v) is 2.97. The van der Waals surface area contributed by atoms with E-state index in [0.717, 1.165) is 9.21 Å². The van der Waals surface area contributed by atoms with Gasteiger partial charge in [0.05, 0.1) is 4.34 Å². The quantitative estimate of drug-likeness (QED) is 0.903. The smallest absolute Gasteiger partial charge is 0.256 e. The maximum absolute atomic E-state index is 13.9. The largest absolute Gasteiger partial charge is 0.367 e. The Balaban J connectivity index is 1.97. The summed E-state index contributed by atoms with van der Waals surface area (Å²) in [5.41, 5.74) is 3.17. The Kier molecular flexibility index (Phi) is 3.19. The second kappa shape index (κ2) is 4.31. The Morgan fingerprint density at radius 2 is 2.44 bits per heavy atom. The number of hydrogen-bond donors (Lipinski definition) is 1. The average Bonchev–Trinajstić information content (AvgIpc) is 2.75. The molecule has 0 radical (unpaired) electrons. The number of carbonyl (C=O) groups excluding carboxylic acids is 1. The summed E-state index contributed by atoms with van der Waals surface area (Å²) in [5.74, 6) is -0.862. The van der Waals surface area contributed by atoms with Crippen LogP contribution in [0, 0.1) is 0 Å². The van der Waals surface area contributed by atoms with Crippen LogP contribution in [0.5, 0.6) is 0 Å². The van der Waals surface area contributed by atoms with Gasteiger partial charge >= 0.3 is 0 Å². The van der Waals surface area contributed by atoms with Gasteiger partial charge in [-0.05, 0) is 12.1 Å². The van der Waals surface area contributed by atoms with Gasteiger partial charge in [0.15, 0.2) is 0 Å². The van der Waals surface area contributed by atoms with E-state index < -0.39 is 11.6 Å². The lowest BCUT2D eigenvalue weighted by atomic mass is 10.1. The summed E-state index contributed by atoms with van der Waals surface area (Å²) in [5, 5.41) is 0. The number of rotatable bonds is 3. The van der Waals surface area contributed by atoms with Crippen LogP contribution in [0.25, 0.3) is 0 Å². The first-order chi connectivity index (χ1) is 7.49. The van der Waals surface area contributed by atoms with Crippen LogP contribution < -0.4 is 5.73 Å². The molecule has 1 aromatic rings. The second-order valence-electron chi connectivity index (χ2n) is 4.00. The lowest BCUT2D eigenvalue weighted by molar-refractivity contribution is -0.128. The summed E-state index contributed by atoms with van der Waals surface area (Å²) in [6.07, 6.45) is 0.182. The minimum Gasteiger partial charge on any atom is -0.367 e. The zero-order chi connectivity index (χ0) is 11.8. The molecule has 2 heterocycles. The lowest BCUT2D eigenvalue weighted by Gasteiger charge is -2.17. The Hall–Kier alpha value is -0.650. The predicted molar refractivity (Wildman–Crippen MR) is 62.3 cm³/mol. The molecule has 1 unspecified atom stereocenters. The molecule has 1 atom stereocenters. The highest BCUT2D eigenvalue weighted by Gasteiger charge is 2.43. The SMILES string of the molecule is NC(=O)C1(F)CCN(Cc2ccc(Cl)s2)C1. The van der Waals surface area contributed by atoms with Gasteiger partial charge in [-0.2, -0.15) is 0 Å². The van der Waals surface area contributed by atoms with Crippen LogP contribution in [-0.4, -0.2) is 29.6 Å². The van der Waals surface area contributed by atoms with Gasteiger partial charge in [-0.1, -0.05) is 11.6 Å². The van der Waals surface area contributed by atoms with E-state index in [0.29, 0.717) is 13.1 Å². The van der Waals surface area contributed by atoms with E-state index in [4.69, 9.17) is 17.3 Å². The van der Waals surface area contributed by atoms with Crippen molar-refractivity contribution >= 4 is 28.8 Å². The van der Waals surface area contributed by atoms with Crippen molar-refractivity contribution in [2.45, 2.75) is 18.6 Å². The first-order valence-electron chi connectivity index (χ1n) is 4.95. The molecule has 0 aromatic carbocycles. The molecule has 88 valence electrons. The van der Waals surface area contributed by atoms with Crippen LogP contribution in [-0.2, 0) is 11.3 Å². The Morgan fingerprint density at radius 1 is 1.69 bits per heavy atom. The van der Waals surface area contributed by atoms with Crippen LogP contribution in [0.1, 0.15) is 11.3 Å². The van der Waals surface area contributed by atoms with Gasteiger partial charge in [-0.25, -0.2) is 4.39 Å². The molecule has 2 N–H and O–H groups in total. The highest BCUT2D eigenvalue weighted by molar-refractivity contribution is 7.16. The maximum Gasteiger partial charge on any atom is 0.256 e. The zero-order valence-corrected chi connectivity index (χ0v) is 10.2. The van der Waals surface area contributed by atoms with Gasteiger partial charge in [-0.15, -0.1) is 11.3 Å². The van der Waals surface area contributed by atoms with Crippen LogP contribution in [0.15, 0.2) is 12.1 Å². The fourth-order valence-electron chi connectivity index (χ4n) is 1.84. The van der Waals surface area contributed by atoms with E-state index in [1.165, 1.54) is 11.3 Å². The molecule has 0 aliphatic carbocycles. The molecular weight excluding hydrogens is 251 g/mol. The van der Waals surface area contributed by atoms with Crippen molar-refractivity contribution < 1.29 is 9.18 Å². The number of carbonyl (C=O) groups is 1. The van der Waals surface area contributed by atoms with Crippen molar-refractivity contribution in [3.8, 4) is 0 Å². The van der Waals surface area contributed by atoms with Crippen LogP contribution in [0.2, 0.25) is 4.34 Å². The van der Waals surface area contributed by atoms with E-state index in [-0.39, 0.29) is 13.0 Å². The molecule has 0 saturated carbocycles. The number of halogens is 2. The Labute approximate surface area is 102 Å². The summed E-state index contributed by atoms with van der Waals surface area (Å²) in [6.45, 7) is 1.25. The molecule has 1 fully saturated rings. The highest BCUT2D eigenvalue weighted by Crippen LogP contribution is 2.29. The molecular formula is C10H12ClFN2OS. The number of hydrogen-bond acceptors (Lipinski definition) is 3. The molecule has 0 bridgehead atoms. The number of nitrogens with zero attached hydrogens (tertiary/aromatic N) is 1. The van der Waals surface area contributed by atoms with Crippen LogP contribution >= 0.6 is 22.9 Å². The third-order valence-corrected chi connectivity index (χ3v) is 3.96. The monoisotopic (exact) mass is 262 g/mol. The third kappa shape index (κ3) is 2.36. The Morgan fingerprint density at radius 3 is 2.94 bits per heavy atom. The second-order valence-corrected chi connectivity index (χ2v) is 5.80. The molecule has 0 spiro atoms. The molecule has 6 heteroatoms. The molecule has 16 heavy (non-hydrogen) atoms. The molecule has 1 amide bonds. The molecule has 1 aliphatic rings. The zero-order valence-electron chi connectivity index (χ0n) is 8.58. The number of primary amides is 1. The lowest BCUT2D eigenvalue weighted by Crippen LogP contribution is -2.42. The topological polar surface area (TPSA) is 46.3 Å². The van der Waals surface area contributed by atoms with E-state index >= 15 is 0 Å². The van der Waals surface area contributed by atoms with E-state index in [2.05, 4.69) is 0 Å². The number of nitrogens with two attached hydrogens (primary N) is 1. The maximum atomic E-state index is 13.9. The van der Waals surface area contributed by atoms with Gasteiger partial charge in [0.1, 0.15) is 0 Å². The molecule has 1 aromatic heterocycles. The van der Waals surface area contributed by atoms with Gasteiger partial charge in [0, 0.05) is 30.9 Å². The summed E-state index contributed by atoms with van der Waals surface area (Å²) in [4.78, 5) is 13.9. The number of likely N-dealkylation sites (tertiary alicyclic amines) is 1. The van der Waals surface area contributed by atoms with Crippen molar-refractivity contribution in [2.24, 2.45) is 5.73 Å². The summed E-state index contributed by atoms with van der Waals surface area (Å²) in [7, 11) is 0. The first kappa shape index (κ1) is 11.8. The van der Waals surface area contributed by atoms with Crippen LogP contribution in [0.3, 0.4) is 0 Å². The van der Waals surface area contributed by atoms with Crippen LogP contribution in [0.4, 0.5) is 4.39 Å². The number of amides is 1.